The summed E-state index contributed by atoms with van der Waals surface area (Å²) < 4.78 is 6.17. The lowest BCUT2D eigenvalue weighted by molar-refractivity contribution is 0.00529. The molecule has 166 valence electrons. The Hall–Kier alpha value is -0.0400. The van der Waals surface area contributed by atoms with Crippen LogP contribution in [0, 0.1) is 17.8 Å². The van der Waals surface area contributed by atoms with E-state index < -0.39 is 0 Å². The average molecular weight is 393 g/mol. The Kier molecular flexibility index (Phi) is 13.6. The highest BCUT2D eigenvalue weighted by Crippen LogP contribution is 2.41. The lowest BCUT2D eigenvalue weighted by atomic mass is 9.70. The number of rotatable bonds is 15. The summed E-state index contributed by atoms with van der Waals surface area (Å²) in [6, 6.07) is 0. The number of hydrogen-bond donors (Lipinski definition) is 0. The molecule has 2 saturated carbocycles. The predicted molar refractivity (Wildman–Crippen MR) is 124 cm³/mol. The molecule has 0 N–H and O–H groups in total. The van der Waals surface area contributed by atoms with Gasteiger partial charge in [0.2, 0.25) is 0 Å². The summed E-state index contributed by atoms with van der Waals surface area (Å²) in [6.45, 7) is 5.61. The Balaban J connectivity index is 1.46. The van der Waals surface area contributed by atoms with E-state index in [4.69, 9.17) is 4.74 Å². The molecule has 0 aliphatic heterocycles. The van der Waals surface area contributed by atoms with Gasteiger partial charge in [-0.3, -0.25) is 0 Å². The SMILES string of the molecule is CCCCCCCCC[C@H]1CC[C@H]([C@H]2CC[C@H](OCCCCCC)CC2)CC1. The molecule has 0 aromatic heterocycles. The second kappa shape index (κ2) is 15.8. The van der Waals surface area contributed by atoms with E-state index in [1.165, 1.54) is 128 Å². The van der Waals surface area contributed by atoms with Crippen LogP contribution in [0.1, 0.15) is 142 Å². The molecular weight excluding hydrogens is 340 g/mol. The molecule has 2 aliphatic rings. The van der Waals surface area contributed by atoms with E-state index >= 15 is 0 Å². The molecular formula is C27H52O. The Bertz CT molecular complexity index is 336. The van der Waals surface area contributed by atoms with Gasteiger partial charge in [-0.1, -0.05) is 97.3 Å². The first-order valence-corrected chi connectivity index (χ1v) is 13.4. The van der Waals surface area contributed by atoms with E-state index in [0.717, 1.165) is 24.4 Å². The van der Waals surface area contributed by atoms with Crippen molar-refractivity contribution in [2.45, 2.75) is 148 Å². The lowest BCUT2D eigenvalue weighted by Gasteiger charge is -2.38. The minimum Gasteiger partial charge on any atom is -0.378 e. The lowest BCUT2D eigenvalue weighted by Crippen LogP contribution is -2.28. The first-order valence-electron chi connectivity index (χ1n) is 13.4. The van der Waals surface area contributed by atoms with Gasteiger partial charge in [0.15, 0.2) is 0 Å². The quantitative estimate of drug-likeness (QED) is 0.252. The standard InChI is InChI=1S/C27H52O/c1-3-5-7-9-10-11-12-14-24-15-17-25(18-16-24)26-19-21-27(22-20-26)28-23-13-8-6-4-2/h24-27H,3-23H2,1-2H3/t24-,25-,26-,27-. The molecule has 2 aliphatic carbocycles. The van der Waals surface area contributed by atoms with Crippen LogP contribution in [-0.4, -0.2) is 12.7 Å². The molecule has 0 atom stereocenters. The van der Waals surface area contributed by atoms with Gasteiger partial charge in [0.1, 0.15) is 0 Å². The summed E-state index contributed by atoms with van der Waals surface area (Å²) in [4.78, 5) is 0. The van der Waals surface area contributed by atoms with Crippen LogP contribution in [0.25, 0.3) is 0 Å². The molecule has 0 heterocycles. The molecule has 1 nitrogen and oxygen atoms in total. The molecule has 2 rings (SSSR count). The van der Waals surface area contributed by atoms with E-state index in [-0.39, 0.29) is 0 Å². The Labute approximate surface area is 177 Å². The van der Waals surface area contributed by atoms with Gasteiger partial charge < -0.3 is 4.74 Å². The highest BCUT2D eigenvalue weighted by molar-refractivity contribution is 4.82. The molecule has 0 radical (unpaired) electrons. The van der Waals surface area contributed by atoms with Crippen molar-refractivity contribution >= 4 is 0 Å². The van der Waals surface area contributed by atoms with Crippen LogP contribution in [0.2, 0.25) is 0 Å². The molecule has 2 fully saturated rings. The predicted octanol–water partition coefficient (Wildman–Crippen LogP) is 9.09. The van der Waals surface area contributed by atoms with E-state index in [0.29, 0.717) is 6.10 Å². The van der Waals surface area contributed by atoms with Crippen molar-refractivity contribution in [2.24, 2.45) is 17.8 Å². The first kappa shape index (κ1) is 24.2. The van der Waals surface area contributed by atoms with Crippen LogP contribution in [0.15, 0.2) is 0 Å². The highest BCUT2D eigenvalue weighted by atomic mass is 16.5. The van der Waals surface area contributed by atoms with E-state index in [1.54, 1.807) is 0 Å². The van der Waals surface area contributed by atoms with Gasteiger partial charge in [0, 0.05) is 6.61 Å². The molecule has 0 aromatic carbocycles. The molecule has 28 heavy (non-hydrogen) atoms. The third-order valence-corrected chi connectivity index (χ3v) is 7.84. The van der Waals surface area contributed by atoms with Gasteiger partial charge in [0.25, 0.3) is 0 Å². The van der Waals surface area contributed by atoms with Crippen molar-refractivity contribution in [2.75, 3.05) is 6.61 Å². The van der Waals surface area contributed by atoms with Crippen LogP contribution in [-0.2, 0) is 4.74 Å². The van der Waals surface area contributed by atoms with Gasteiger partial charge in [0.05, 0.1) is 6.10 Å². The molecule has 0 spiro atoms. The summed E-state index contributed by atoms with van der Waals surface area (Å²) in [5, 5.41) is 0. The Morgan fingerprint density at radius 3 is 1.64 bits per heavy atom. The fraction of sp³-hybridized carbons (Fsp3) is 1.00. The van der Waals surface area contributed by atoms with Crippen molar-refractivity contribution in [3.63, 3.8) is 0 Å². The minimum absolute atomic E-state index is 0.589. The molecule has 0 unspecified atom stereocenters. The highest BCUT2D eigenvalue weighted by Gasteiger charge is 2.30. The molecule has 0 bridgehead atoms. The van der Waals surface area contributed by atoms with Gasteiger partial charge >= 0.3 is 0 Å². The fourth-order valence-corrected chi connectivity index (χ4v) is 5.84. The zero-order chi connectivity index (χ0) is 19.9. The third-order valence-electron chi connectivity index (χ3n) is 7.84. The van der Waals surface area contributed by atoms with E-state index in [1.807, 2.05) is 0 Å². The monoisotopic (exact) mass is 392 g/mol. The van der Waals surface area contributed by atoms with Gasteiger partial charge in [-0.15, -0.1) is 0 Å². The van der Waals surface area contributed by atoms with Gasteiger partial charge in [-0.2, -0.15) is 0 Å². The van der Waals surface area contributed by atoms with Crippen LogP contribution in [0.4, 0.5) is 0 Å². The summed E-state index contributed by atoms with van der Waals surface area (Å²) in [7, 11) is 0. The van der Waals surface area contributed by atoms with E-state index in [2.05, 4.69) is 13.8 Å². The topological polar surface area (TPSA) is 9.23 Å². The third kappa shape index (κ3) is 10.1. The van der Waals surface area contributed by atoms with Crippen LogP contribution in [0.5, 0.6) is 0 Å². The van der Waals surface area contributed by atoms with Crippen molar-refractivity contribution < 1.29 is 4.74 Å². The maximum atomic E-state index is 6.17. The first-order chi connectivity index (χ1) is 13.8. The smallest absolute Gasteiger partial charge is 0.0575 e. The minimum atomic E-state index is 0.589. The summed E-state index contributed by atoms with van der Waals surface area (Å²) in [5.74, 6) is 3.14. The van der Waals surface area contributed by atoms with Gasteiger partial charge in [-0.25, -0.2) is 0 Å². The van der Waals surface area contributed by atoms with Crippen molar-refractivity contribution in [3.05, 3.63) is 0 Å². The van der Waals surface area contributed by atoms with Crippen LogP contribution in [0.3, 0.4) is 0 Å². The number of hydrogen-bond acceptors (Lipinski definition) is 1. The maximum absolute atomic E-state index is 6.17. The van der Waals surface area contributed by atoms with Crippen molar-refractivity contribution in [3.8, 4) is 0 Å². The molecule has 0 saturated heterocycles. The molecule has 0 aromatic rings. The van der Waals surface area contributed by atoms with Crippen molar-refractivity contribution in [1.29, 1.82) is 0 Å². The number of ether oxygens (including phenoxy) is 1. The van der Waals surface area contributed by atoms with Crippen LogP contribution < -0.4 is 0 Å². The Morgan fingerprint density at radius 1 is 0.536 bits per heavy atom. The van der Waals surface area contributed by atoms with Crippen LogP contribution >= 0.6 is 0 Å². The zero-order valence-corrected chi connectivity index (χ0v) is 19.6. The maximum Gasteiger partial charge on any atom is 0.0575 e. The zero-order valence-electron chi connectivity index (χ0n) is 19.6. The average Bonchev–Trinajstić information content (AvgIpc) is 2.74. The fourth-order valence-electron chi connectivity index (χ4n) is 5.84. The largest absolute Gasteiger partial charge is 0.378 e. The summed E-state index contributed by atoms with van der Waals surface area (Å²) in [5.41, 5.74) is 0. The Morgan fingerprint density at radius 2 is 1.04 bits per heavy atom. The normalized spacial score (nSPS) is 28.5. The summed E-state index contributed by atoms with van der Waals surface area (Å²) in [6.07, 6.45) is 29.4. The molecule has 0 amide bonds. The second-order valence-electron chi connectivity index (χ2n) is 10.2. The second-order valence-corrected chi connectivity index (χ2v) is 10.2. The molecule has 1 heteroatoms. The van der Waals surface area contributed by atoms with Crippen molar-refractivity contribution in [1.82, 2.24) is 0 Å². The van der Waals surface area contributed by atoms with E-state index in [9.17, 15) is 0 Å². The summed E-state index contributed by atoms with van der Waals surface area (Å²) >= 11 is 0. The van der Waals surface area contributed by atoms with Gasteiger partial charge in [-0.05, 0) is 62.7 Å². The number of unbranched alkanes of at least 4 members (excludes halogenated alkanes) is 9.